The van der Waals surface area contributed by atoms with E-state index < -0.39 is 0 Å². The Labute approximate surface area is 179 Å². The standard InChI is InChI=1S/C23H24N2O4S/c1-15-8-9-18(29-15)22(26)24-17-10-12-25(13-11-17)23(27)21-19(28-2)14-20(30-21)16-6-4-3-5-7-16/h3-9,14,17H,10-13H2,1-2H3,(H,24,26). The number of amides is 2. The van der Waals surface area contributed by atoms with Crippen LogP contribution in [0.15, 0.2) is 52.9 Å². The SMILES string of the molecule is COc1cc(-c2ccccc2)sc1C(=O)N1CCC(NC(=O)c2ccc(C)o2)CC1. The third-order valence-electron chi connectivity index (χ3n) is 5.25. The molecular weight excluding hydrogens is 400 g/mol. The van der Waals surface area contributed by atoms with Gasteiger partial charge in [-0.2, -0.15) is 0 Å². The number of furan rings is 1. The molecule has 2 aromatic heterocycles. The fraction of sp³-hybridized carbons (Fsp3) is 0.304. The van der Waals surface area contributed by atoms with Crippen molar-refractivity contribution in [3.05, 3.63) is 64.9 Å². The molecule has 1 fully saturated rings. The minimum absolute atomic E-state index is 0.0227. The van der Waals surface area contributed by atoms with Gasteiger partial charge in [-0.1, -0.05) is 30.3 Å². The van der Waals surface area contributed by atoms with E-state index in [-0.39, 0.29) is 17.9 Å². The van der Waals surface area contributed by atoms with Crippen LogP contribution in [-0.4, -0.2) is 43.0 Å². The van der Waals surface area contributed by atoms with Gasteiger partial charge in [0.05, 0.1) is 7.11 Å². The van der Waals surface area contributed by atoms with Crippen LogP contribution in [-0.2, 0) is 0 Å². The first-order valence-corrected chi connectivity index (χ1v) is 10.8. The Balaban J connectivity index is 1.39. The monoisotopic (exact) mass is 424 g/mol. The molecule has 30 heavy (non-hydrogen) atoms. The molecule has 1 aliphatic heterocycles. The van der Waals surface area contributed by atoms with Crippen molar-refractivity contribution in [3.63, 3.8) is 0 Å². The molecule has 2 amide bonds. The second kappa shape index (κ2) is 8.75. The Morgan fingerprint density at radius 3 is 2.50 bits per heavy atom. The van der Waals surface area contributed by atoms with Crippen molar-refractivity contribution in [1.29, 1.82) is 0 Å². The normalized spacial score (nSPS) is 14.5. The summed E-state index contributed by atoms with van der Waals surface area (Å²) >= 11 is 1.45. The molecule has 0 aliphatic carbocycles. The number of rotatable bonds is 5. The molecule has 3 aromatic rings. The number of thiophene rings is 1. The lowest BCUT2D eigenvalue weighted by molar-refractivity contribution is 0.0697. The average molecular weight is 425 g/mol. The van der Waals surface area contributed by atoms with Gasteiger partial charge < -0.3 is 19.4 Å². The fourth-order valence-electron chi connectivity index (χ4n) is 3.60. The number of methoxy groups -OCH3 is 1. The Bertz CT molecular complexity index is 1030. The highest BCUT2D eigenvalue weighted by atomic mass is 32.1. The summed E-state index contributed by atoms with van der Waals surface area (Å²) in [7, 11) is 1.59. The summed E-state index contributed by atoms with van der Waals surface area (Å²) in [6.07, 6.45) is 1.41. The van der Waals surface area contributed by atoms with Crippen LogP contribution >= 0.6 is 11.3 Å². The summed E-state index contributed by atoms with van der Waals surface area (Å²) in [6.45, 7) is 2.98. The second-order valence-corrected chi connectivity index (χ2v) is 8.38. The Hall–Kier alpha value is -3.06. The van der Waals surface area contributed by atoms with Gasteiger partial charge in [0.25, 0.3) is 11.8 Å². The topological polar surface area (TPSA) is 71.8 Å². The summed E-state index contributed by atoms with van der Waals surface area (Å²) in [5.41, 5.74) is 1.06. The largest absolute Gasteiger partial charge is 0.495 e. The molecule has 0 unspecified atom stereocenters. The maximum absolute atomic E-state index is 13.1. The van der Waals surface area contributed by atoms with Gasteiger partial charge in [-0.15, -0.1) is 11.3 Å². The molecule has 156 valence electrons. The Kier molecular flexibility index (Phi) is 5.90. The maximum Gasteiger partial charge on any atom is 0.287 e. The number of likely N-dealkylation sites (tertiary alicyclic amines) is 1. The van der Waals surface area contributed by atoms with Gasteiger partial charge in [0, 0.05) is 24.0 Å². The van der Waals surface area contributed by atoms with Crippen LogP contribution in [0.4, 0.5) is 0 Å². The third-order valence-corrected chi connectivity index (χ3v) is 6.41. The number of nitrogens with one attached hydrogen (secondary N) is 1. The molecule has 4 rings (SSSR count). The number of carbonyl (C=O) groups excluding carboxylic acids is 2. The van der Waals surface area contributed by atoms with Gasteiger partial charge in [-0.05, 0) is 43.5 Å². The van der Waals surface area contributed by atoms with E-state index in [1.165, 1.54) is 11.3 Å². The van der Waals surface area contributed by atoms with Crippen molar-refractivity contribution in [2.75, 3.05) is 20.2 Å². The van der Waals surface area contributed by atoms with E-state index in [4.69, 9.17) is 9.15 Å². The van der Waals surface area contributed by atoms with Crippen molar-refractivity contribution in [3.8, 4) is 16.2 Å². The lowest BCUT2D eigenvalue weighted by Gasteiger charge is -2.32. The van der Waals surface area contributed by atoms with Crippen molar-refractivity contribution < 1.29 is 18.7 Å². The summed E-state index contributed by atoms with van der Waals surface area (Å²) in [5.74, 6) is 1.40. The van der Waals surface area contributed by atoms with Crippen molar-refractivity contribution >= 4 is 23.2 Å². The molecule has 0 saturated carbocycles. The van der Waals surface area contributed by atoms with E-state index in [9.17, 15) is 9.59 Å². The molecule has 7 heteroatoms. The summed E-state index contributed by atoms with van der Waals surface area (Å²) in [6, 6.07) is 15.4. The molecule has 0 atom stereocenters. The van der Waals surface area contributed by atoms with E-state index in [0.717, 1.165) is 10.4 Å². The van der Waals surface area contributed by atoms with Crippen molar-refractivity contribution in [1.82, 2.24) is 10.2 Å². The quantitative estimate of drug-likeness (QED) is 0.661. The van der Waals surface area contributed by atoms with E-state index in [0.29, 0.717) is 48.1 Å². The first kappa shape index (κ1) is 20.2. The zero-order chi connectivity index (χ0) is 21.1. The maximum atomic E-state index is 13.1. The molecule has 1 N–H and O–H groups in total. The fourth-order valence-corrected chi connectivity index (χ4v) is 4.70. The highest BCUT2D eigenvalue weighted by Gasteiger charge is 2.28. The first-order chi connectivity index (χ1) is 14.5. The zero-order valence-corrected chi connectivity index (χ0v) is 17.8. The minimum atomic E-state index is -0.208. The van der Waals surface area contributed by atoms with Crippen LogP contribution in [0.5, 0.6) is 5.75 Å². The van der Waals surface area contributed by atoms with Crippen LogP contribution in [0, 0.1) is 6.92 Å². The number of benzene rings is 1. The molecular formula is C23H24N2O4S. The van der Waals surface area contributed by atoms with E-state index >= 15 is 0 Å². The summed E-state index contributed by atoms with van der Waals surface area (Å²) in [4.78, 5) is 28.9. The highest BCUT2D eigenvalue weighted by molar-refractivity contribution is 7.17. The molecule has 0 radical (unpaired) electrons. The number of carbonyl (C=O) groups is 2. The van der Waals surface area contributed by atoms with Crippen LogP contribution in [0.3, 0.4) is 0 Å². The number of aryl methyl sites for hydroxylation is 1. The predicted octanol–water partition coefficient (Wildman–Crippen LogP) is 4.36. The van der Waals surface area contributed by atoms with Gasteiger partial charge in [-0.25, -0.2) is 0 Å². The Morgan fingerprint density at radius 2 is 1.87 bits per heavy atom. The number of piperidine rings is 1. The first-order valence-electron chi connectivity index (χ1n) is 9.95. The summed E-state index contributed by atoms with van der Waals surface area (Å²) in [5, 5.41) is 3.00. The zero-order valence-electron chi connectivity index (χ0n) is 17.0. The van der Waals surface area contributed by atoms with Crippen molar-refractivity contribution in [2.45, 2.75) is 25.8 Å². The Morgan fingerprint density at radius 1 is 1.13 bits per heavy atom. The lowest BCUT2D eigenvalue weighted by atomic mass is 10.0. The van der Waals surface area contributed by atoms with E-state index in [1.807, 2.05) is 48.2 Å². The van der Waals surface area contributed by atoms with Gasteiger partial charge in [0.2, 0.25) is 0 Å². The predicted molar refractivity (Wildman–Crippen MR) is 116 cm³/mol. The van der Waals surface area contributed by atoms with Crippen LogP contribution in [0.25, 0.3) is 10.4 Å². The third kappa shape index (κ3) is 4.26. The number of nitrogens with zero attached hydrogens (tertiary/aromatic N) is 1. The molecule has 6 nitrogen and oxygen atoms in total. The van der Waals surface area contributed by atoms with Gasteiger partial charge in [-0.3, -0.25) is 9.59 Å². The van der Waals surface area contributed by atoms with Crippen LogP contribution in [0.2, 0.25) is 0 Å². The van der Waals surface area contributed by atoms with Crippen LogP contribution in [0.1, 0.15) is 38.8 Å². The van der Waals surface area contributed by atoms with E-state index in [1.54, 1.807) is 19.2 Å². The number of hydrogen-bond acceptors (Lipinski definition) is 5. The second-order valence-electron chi connectivity index (χ2n) is 7.32. The van der Waals surface area contributed by atoms with Crippen molar-refractivity contribution in [2.24, 2.45) is 0 Å². The average Bonchev–Trinajstić information content (AvgIpc) is 3.41. The molecule has 3 heterocycles. The van der Waals surface area contributed by atoms with Gasteiger partial charge in [0.1, 0.15) is 16.4 Å². The molecule has 0 bridgehead atoms. The van der Waals surface area contributed by atoms with E-state index in [2.05, 4.69) is 5.32 Å². The molecule has 1 aromatic carbocycles. The highest BCUT2D eigenvalue weighted by Crippen LogP contribution is 2.37. The molecule has 1 aliphatic rings. The number of ether oxygens (including phenoxy) is 1. The summed E-state index contributed by atoms with van der Waals surface area (Å²) < 4.78 is 10.9. The molecule has 1 saturated heterocycles. The minimum Gasteiger partial charge on any atom is -0.495 e. The van der Waals surface area contributed by atoms with Crippen LogP contribution < -0.4 is 10.1 Å². The lowest BCUT2D eigenvalue weighted by Crippen LogP contribution is -2.46. The smallest absolute Gasteiger partial charge is 0.287 e. The van der Waals surface area contributed by atoms with Gasteiger partial charge >= 0.3 is 0 Å². The molecule has 0 spiro atoms. The number of hydrogen-bond donors (Lipinski definition) is 1. The van der Waals surface area contributed by atoms with Gasteiger partial charge in [0.15, 0.2) is 5.76 Å².